The predicted octanol–water partition coefficient (Wildman–Crippen LogP) is 3.68. The van der Waals surface area contributed by atoms with Gasteiger partial charge in [-0.1, -0.05) is 32.0 Å². The van der Waals surface area contributed by atoms with Crippen molar-refractivity contribution in [3.63, 3.8) is 0 Å². The molecule has 4 fully saturated rings. The number of hydrogen-bond donors (Lipinski definition) is 2. The molecule has 4 aliphatic rings. The van der Waals surface area contributed by atoms with Crippen molar-refractivity contribution in [3.05, 3.63) is 36.0 Å². The molecule has 2 unspecified atom stereocenters. The van der Waals surface area contributed by atoms with Gasteiger partial charge in [0.05, 0.1) is 6.61 Å². The average molecular weight is 422 g/mol. The third kappa shape index (κ3) is 3.56. The SMILES string of the molecule is CC(C)COc1cccc2ccc(C(=O)NC3C4CC5CC3CC(C(N)=O)(C5)C4)nc12. The summed E-state index contributed by atoms with van der Waals surface area (Å²) < 4.78 is 5.94. The summed E-state index contributed by atoms with van der Waals surface area (Å²) in [6.45, 7) is 4.81. The third-order valence-corrected chi connectivity index (χ3v) is 7.58. The number of pyridine rings is 1. The highest BCUT2D eigenvalue weighted by Crippen LogP contribution is 2.59. The summed E-state index contributed by atoms with van der Waals surface area (Å²) in [4.78, 5) is 30.0. The lowest BCUT2D eigenvalue weighted by Crippen LogP contribution is -2.62. The molecule has 6 heteroatoms. The lowest BCUT2D eigenvalue weighted by atomic mass is 9.47. The van der Waals surface area contributed by atoms with Crippen LogP contribution >= 0.6 is 0 Å². The van der Waals surface area contributed by atoms with Gasteiger partial charge in [0.2, 0.25) is 5.91 Å². The molecule has 4 bridgehead atoms. The molecule has 164 valence electrons. The second kappa shape index (κ2) is 7.50. The van der Waals surface area contributed by atoms with E-state index in [1.807, 2.05) is 24.3 Å². The first-order valence-corrected chi connectivity index (χ1v) is 11.5. The quantitative estimate of drug-likeness (QED) is 0.744. The van der Waals surface area contributed by atoms with Crippen LogP contribution in [-0.4, -0.2) is 29.4 Å². The topological polar surface area (TPSA) is 94.3 Å². The number of rotatable bonds is 6. The van der Waals surface area contributed by atoms with Gasteiger partial charge in [0.25, 0.3) is 5.91 Å². The van der Waals surface area contributed by atoms with Crippen LogP contribution < -0.4 is 15.8 Å². The van der Waals surface area contributed by atoms with E-state index in [9.17, 15) is 9.59 Å². The maximum atomic E-state index is 13.2. The van der Waals surface area contributed by atoms with Crippen LogP contribution in [-0.2, 0) is 4.79 Å². The summed E-state index contributed by atoms with van der Waals surface area (Å²) in [6.07, 6.45) is 4.70. The summed E-state index contributed by atoms with van der Waals surface area (Å²) in [5.41, 5.74) is 6.57. The summed E-state index contributed by atoms with van der Waals surface area (Å²) in [6, 6.07) is 9.64. The monoisotopic (exact) mass is 421 g/mol. The molecular formula is C25H31N3O3. The van der Waals surface area contributed by atoms with Crippen molar-refractivity contribution in [3.8, 4) is 5.75 Å². The number of nitrogens with two attached hydrogens (primary N) is 1. The number of primary amides is 1. The predicted molar refractivity (Wildman–Crippen MR) is 119 cm³/mol. The van der Waals surface area contributed by atoms with Crippen LogP contribution in [0, 0.1) is 29.1 Å². The molecule has 2 amide bonds. The highest BCUT2D eigenvalue weighted by molar-refractivity contribution is 5.96. The molecule has 0 spiro atoms. The lowest BCUT2D eigenvalue weighted by molar-refractivity contribution is -0.145. The maximum Gasteiger partial charge on any atom is 0.270 e. The molecule has 0 aliphatic heterocycles. The maximum absolute atomic E-state index is 13.2. The number of benzene rings is 1. The zero-order valence-corrected chi connectivity index (χ0v) is 18.3. The molecule has 0 saturated heterocycles. The van der Waals surface area contributed by atoms with Crippen LogP contribution in [0.2, 0.25) is 0 Å². The van der Waals surface area contributed by atoms with E-state index >= 15 is 0 Å². The Balaban J connectivity index is 1.36. The zero-order valence-electron chi connectivity index (χ0n) is 18.3. The Morgan fingerprint density at radius 1 is 1.16 bits per heavy atom. The fraction of sp³-hybridized carbons (Fsp3) is 0.560. The molecular weight excluding hydrogens is 390 g/mol. The van der Waals surface area contributed by atoms with Gasteiger partial charge in [-0.05, 0) is 67.9 Å². The molecule has 4 saturated carbocycles. The number of aromatic nitrogens is 1. The van der Waals surface area contributed by atoms with Crippen molar-refractivity contribution in [2.75, 3.05) is 6.61 Å². The molecule has 3 N–H and O–H groups in total. The molecule has 2 atom stereocenters. The number of para-hydroxylation sites is 1. The number of nitrogens with one attached hydrogen (secondary N) is 1. The molecule has 31 heavy (non-hydrogen) atoms. The minimum Gasteiger partial charge on any atom is -0.491 e. The minimum absolute atomic E-state index is 0.0986. The average Bonchev–Trinajstić information content (AvgIpc) is 2.73. The number of fused-ring (bicyclic) bond motifs is 1. The molecule has 0 radical (unpaired) electrons. The van der Waals surface area contributed by atoms with Gasteiger partial charge < -0.3 is 15.8 Å². The first-order valence-electron chi connectivity index (χ1n) is 11.5. The molecule has 2 aromatic rings. The van der Waals surface area contributed by atoms with Gasteiger partial charge in [0.1, 0.15) is 17.0 Å². The van der Waals surface area contributed by atoms with E-state index in [-0.39, 0.29) is 23.3 Å². The van der Waals surface area contributed by atoms with E-state index in [1.165, 1.54) is 0 Å². The van der Waals surface area contributed by atoms with Crippen LogP contribution in [0.3, 0.4) is 0 Å². The largest absolute Gasteiger partial charge is 0.491 e. The summed E-state index contributed by atoms with van der Waals surface area (Å²) in [7, 11) is 0. The van der Waals surface area contributed by atoms with Crippen molar-refractivity contribution < 1.29 is 14.3 Å². The first kappa shape index (κ1) is 20.3. The Hall–Kier alpha value is -2.63. The van der Waals surface area contributed by atoms with Crippen LogP contribution in [0.4, 0.5) is 0 Å². The van der Waals surface area contributed by atoms with Crippen molar-refractivity contribution >= 4 is 22.7 Å². The van der Waals surface area contributed by atoms with Crippen molar-refractivity contribution in [1.82, 2.24) is 10.3 Å². The van der Waals surface area contributed by atoms with E-state index in [0.717, 1.165) is 37.5 Å². The number of ether oxygens (including phenoxy) is 1. The number of amides is 2. The number of hydrogen-bond acceptors (Lipinski definition) is 4. The van der Waals surface area contributed by atoms with Gasteiger partial charge in [-0.3, -0.25) is 9.59 Å². The highest BCUT2D eigenvalue weighted by Gasteiger charge is 2.58. The number of carbonyl (C=O) groups is 2. The van der Waals surface area contributed by atoms with Gasteiger partial charge in [0, 0.05) is 16.8 Å². The van der Waals surface area contributed by atoms with Gasteiger partial charge in [0.15, 0.2) is 0 Å². The molecule has 4 aliphatic carbocycles. The number of carbonyl (C=O) groups excluding carboxylic acids is 2. The second-order valence-electron chi connectivity index (χ2n) is 10.3. The van der Waals surface area contributed by atoms with Crippen molar-refractivity contribution in [1.29, 1.82) is 0 Å². The lowest BCUT2D eigenvalue weighted by Gasteiger charge is -2.58. The van der Waals surface area contributed by atoms with E-state index in [4.69, 9.17) is 10.5 Å². The Bertz CT molecular complexity index is 1020. The summed E-state index contributed by atoms with van der Waals surface area (Å²) in [5, 5.41) is 4.23. The number of nitrogens with zero attached hydrogens (tertiary/aromatic N) is 1. The Morgan fingerprint density at radius 3 is 2.58 bits per heavy atom. The fourth-order valence-electron chi connectivity index (χ4n) is 6.41. The van der Waals surface area contributed by atoms with Crippen molar-refractivity contribution in [2.24, 2.45) is 34.8 Å². The van der Waals surface area contributed by atoms with E-state index < -0.39 is 0 Å². The van der Waals surface area contributed by atoms with Crippen LogP contribution in [0.5, 0.6) is 5.75 Å². The molecule has 1 aromatic carbocycles. The van der Waals surface area contributed by atoms with Gasteiger partial charge in [-0.15, -0.1) is 0 Å². The molecule has 1 heterocycles. The highest BCUT2D eigenvalue weighted by atomic mass is 16.5. The third-order valence-electron chi connectivity index (χ3n) is 7.58. The van der Waals surface area contributed by atoms with Gasteiger partial charge >= 0.3 is 0 Å². The normalized spacial score (nSPS) is 31.2. The van der Waals surface area contributed by atoms with Crippen LogP contribution in [0.25, 0.3) is 10.9 Å². The summed E-state index contributed by atoms with van der Waals surface area (Å²) in [5.74, 6) is 2.04. The minimum atomic E-state index is -0.346. The van der Waals surface area contributed by atoms with E-state index in [1.54, 1.807) is 6.07 Å². The zero-order chi connectivity index (χ0) is 21.8. The Labute approximate surface area is 182 Å². The Kier molecular flexibility index (Phi) is 4.91. The van der Waals surface area contributed by atoms with Crippen molar-refractivity contribution in [2.45, 2.75) is 52.0 Å². The molecule has 6 rings (SSSR count). The van der Waals surface area contributed by atoms with E-state index in [2.05, 4.69) is 24.1 Å². The fourth-order valence-corrected chi connectivity index (χ4v) is 6.41. The smallest absolute Gasteiger partial charge is 0.270 e. The standard InChI is InChI=1S/C25H31N3O3/c1-14(2)13-31-20-5-3-4-16-6-7-19(27-22(16)20)23(29)28-21-17-8-15-9-18(21)12-25(10-15,11-17)24(26)30/h3-7,14-15,17-18,21H,8-13H2,1-2H3,(H2,26,30)(H,28,29). The van der Waals surface area contributed by atoms with Gasteiger partial charge in [-0.2, -0.15) is 0 Å². The van der Waals surface area contributed by atoms with E-state index in [0.29, 0.717) is 47.2 Å². The first-order chi connectivity index (χ1) is 14.8. The molecule has 1 aromatic heterocycles. The Morgan fingerprint density at radius 2 is 1.90 bits per heavy atom. The summed E-state index contributed by atoms with van der Waals surface area (Å²) >= 11 is 0. The molecule has 6 nitrogen and oxygen atoms in total. The van der Waals surface area contributed by atoms with Crippen LogP contribution in [0.15, 0.2) is 30.3 Å². The van der Waals surface area contributed by atoms with Gasteiger partial charge in [-0.25, -0.2) is 4.98 Å². The second-order valence-corrected chi connectivity index (χ2v) is 10.3. The van der Waals surface area contributed by atoms with Crippen LogP contribution in [0.1, 0.15) is 56.4 Å².